The van der Waals surface area contributed by atoms with Crippen molar-refractivity contribution >= 4 is 23.2 Å². The number of aromatic carboxylic acids is 1. The van der Waals surface area contributed by atoms with Gasteiger partial charge in [0.15, 0.2) is 5.69 Å². The Hall–Kier alpha value is -1.47. The fourth-order valence-corrected chi connectivity index (χ4v) is 2.16. The summed E-state index contributed by atoms with van der Waals surface area (Å²) in [6.45, 7) is 2.29. The molecule has 1 aromatic rings. The van der Waals surface area contributed by atoms with E-state index in [0.29, 0.717) is 24.4 Å². The number of aromatic nitrogens is 1. The van der Waals surface area contributed by atoms with Gasteiger partial charge >= 0.3 is 5.97 Å². The molecule has 0 aliphatic heterocycles. The average molecular weight is 272 g/mol. The number of thiazole rings is 1. The summed E-state index contributed by atoms with van der Waals surface area (Å²) < 4.78 is 5.00. The Morgan fingerprint density at radius 3 is 2.83 bits per heavy atom. The van der Waals surface area contributed by atoms with E-state index in [4.69, 9.17) is 9.84 Å². The molecule has 1 aromatic heterocycles. The minimum absolute atomic E-state index is 0.0460. The number of hydrogen-bond acceptors (Lipinski definition) is 5. The molecule has 0 bridgehead atoms. The Morgan fingerprint density at radius 2 is 2.33 bits per heavy atom. The SMILES string of the molecule is CCC(OC)C(=O)NCCc1nc(C(=O)O)cs1. The van der Waals surface area contributed by atoms with Gasteiger partial charge in [0.25, 0.3) is 0 Å². The maximum absolute atomic E-state index is 11.6. The fourth-order valence-electron chi connectivity index (χ4n) is 1.39. The Kier molecular flexibility index (Phi) is 5.73. The molecule has 1 unspecified atom stereocenters. The van der Waals surface area contributed by atoms with Gasteiger partial charge < -0.3 is 15.2 Å². The van der Waals surface area contributed by atoms with Crippen molar-refractivity contribution in [1.82, 2.24) is 10.3 Å². The summed E-state index contributed by atoms with van der Waals surface area (Å²) in [5.74, 6) is -1.19. The third kappa shape index (κ3) is 4.08. The van der Waals surface area contributed by atoms with Crippen LogP contribution in [0.4, 0.5) is 0 Å². The number of hydrogen-bond donors (Lipinski definition) is 2. The predicted molar refractivity (Wildman–Crippen MR) is 66.9 cm³/mol. The van der Waals surface area contributed by atoms with Crippen molar-refractivity contribution < 1.29 is 19.4 Å². The van der Waals surface area contributed by atoms with Gasteiger partial charge in [-0.3, -0.25) is 4.79 Å². The lowest BCUT2D eigenvalue weighted by atomic mass is 10.2. The van der Waals surface area contributed by atoms with Crippen LogP contribution in [-0.4, -0.2) is 41.7 Å². The number of carboxylic acid groups (broad SMARTS) is 1. The normalized spacial score (nSPS) is 12.1. The first-order valence-electron chi connectivity index (χ1n) is 5.56. The Bertz CT molecular complexity index is 415. The van der Waals surface area contributed by atoms with E-state index >= 15 is 0 Å². The highest BCUT2D eigenvalue weighted by Crippen LogP contribution is 2.09. The molecule has 6 nitrogen and oxygen atoms in total. The highest BCUT2D eigenvalue weighted by atomic mass is 32.1. The molecule has 0 aliphatic carbocycles. The van der Waals surface area contributed by atoms with Gasteiger partial charge in [0.2, 0.25) is 5.91 Å². The largest absolute Gasteiger partial charge is 0.476 e. The van der Waals surface area contributed by atoms with Crippen molar-refractivity contribution in [2.24, 2.45) is 0 Å². The number of amides is 1. The quantitative estimate of drug-likeness (QED) is 0.770. The Balaban J connectivity index is 2.37. The summed E-state index contributed by atoms with van der Waals surface area (Å²) in [4.78, 5) is 26.1. The van der Waals surface area contributed by atoms with Crippen molar-refractivity contribution in [3.8, 4) is 0 Å². The van der Waals surface area contributed by atoms with Gasteiger partial charge in [0, 0.05) is 25.5 Å². The van der Waals surface area contributed by atoms with Crippen molar-refractivity contribution in [2.45, 2.75) is 25.9 Å². The van der Waals surface area contributed by atoms with Crippen LogP contribution in [0.25, 0.3) is 0 Å². The molecule has 1 heterocycles. The maximum Gasteiger partial charge on any atom is 0.355 e. The van der Waals surface area contributed by atoms with Crippen LogP contribution in [0.15, 0.2) is 5.38 Å². The highest BCUT2D eigenvalue weighted by molar-refractivity contribution is 7.09. The minimum atomic E-state index is -1.04. The van der Waals surface area contributed by atoms with Gasteiger partial charge in [-0.15, -0.1) is 11.3 Å². The van der Waals surface area contributed by atoms with Crippen LogP contribution in [0.3, 0.4) is 0 Å². The molecule has 0 saturated heterocycles. The molecule has 0 spiro atoms. The summed E-state index contributed by atoms with van der Waals surface area (Å²) in [5.41, 5.74) is 0.0460. The van der Waals surface area contributed by atoms with Crippen LogP contribution in [0.1, 0.15) is 28.8 Å². The fraction of sp³-hybridized carbons (Fsp3) is 0.545. The van der Waals surface area contributed by atoms with Crippen LogP contribution in [0, 0.1) is 0 Å². The van der Waals surface area contributed by atoms with Crippen molar-refractivity contribution in [3.05, 3.63) is 16.1 Å². The number of nitrogens with one attached hydrogen (secondary N) is 1. The summed E-state index contributed by atoms with van der Waals surface area (Å²) in [6, 6.07) is 0. The molecule has 0 aromatic carbocycles. The lowest BCUT2D eigenvalue weighted by Gasteiger charge is -2.12. The van der Waals surface area contributed by atoms with Crippen LogP contribution in [-0.2, 0) is 16.0 Å². The number of nitrogens with zero attached hydrogens (tertiary/aromatic N) is 1. The molecule has 18 heavy (non-hydrogen) atoms. The molecule has 1 atom stereocenters. The van der Waals surface area contributed by atoms with Crippen LogP contribution >= 0.6 is 11.3 Å². The number of methoxy groups -OCH3 is 1. The van der Waals surface area contributed by atoms with Crippen molar-refractivity contribution in [1.29, 1.82) is 0 Å². The predicted octanol–water partition coefficient (Wildman–Crippen LogP) is 0.925. The Labute approximate surface area is 109 Å². The summed E-state index contributed by atoms with van der Waals surface area (Å²) >= 11 is 1.27. The van der Waals surface area contributed by atoms with Gasteiger partial charge in [0.05, 0.1) is 5.01 Å². The molecule has 0 fully saturated rings. The van der Waals surface area contributed by atoms with E-state index < -0.39 is 12.1 Å². The van der Waals surface area contributed by atoms with Gasteiger partial charge in [0.1, 0.15) is 6.10 Å². The summed E-state index contributed by atoms with van der Waals surface area (Å²) in [6.07, 6.45) is 0.697. The van der Waals surface area contributed by atoms with Crippen molar-refractivity contribution in [3.63, 3.8) is 0 Å². The van der Waals surface area contributed by atoms with E-state index in [1.165, 1.54) is 23.8 Å². The molecule has 7 heteroatoms. The average Bonchev–Trinajstić information content (AvgIpc) is 2.79. The highest BCUT2D eigenvalue weighted by Gasteiger charge is 2.14. The monoisotopic (exact) mass is 272 g/mol. The van der Waals surface area contributed by atoms with Gasteiger partial charge in [-0.1, -0.05) is 6.92 Å². The van der Waals surface area contributed by atoms with E-state index in [2.05, 4.69) is 10.3 Å². The molecule has 0 radical (unpaired) electrons. The van der Waals surface area contributed by atoms with E-state index in [0.717, 1.165) is 0 Å². The molecule has 2 N–H and O–H groups in total. The van der Waals surface area contributed by atoms with E-state index in [9.17, 15) is 9.59 Å². The topological polar surface area (TPSA) is 88.5 Å². The molecule has 0 aliphatic rings. The number of carbonyl (C=O) groups is 2. The molecular formula is C11H16N2O4S. The van der Waals surface area contributed by atoms with Gasteiger partial charge in [-0.2, -0.15) is 0 Å². The standard InChI is InChI=1S/C11H16N2O4S/c1-3-8(17-2)10(14)12-5-4-9-13-7(6-18-9)11(15)16/h6,8H,3-5H2,1-2H3,(H,12,14)(H,15,16). The lowest BCUT2D eigenvalue weighted by Crippen LogP contribution is -2.36. The third-order valence-corrected chi connectivity index (χ3v) is 3.27. The summed E-state index contributed by atoms with van der Waals surface area (Å²) in [5, 5.41) is 13.6. The van der Waals surface area contributed by atoms with Gasteiger partial charge in [-0.05, 0) is 6.42 Å². The first-order valence-corrected chi connectivity index (χ1v) is 6.44. The van der Waals surface area contributed by atoms with E-state index in [-0.39, 0.29) is 11.6 Å². The Morgan fingerprint density at radius 1 is 1.61 bits per heavy atom. The second kappa shape index (κ2) is 7.07. The zero-order valence-corrected chi connectivity index (χ0v) is 11.1. The smallest absolute Gasteiger partial charge is 0.355 e. The zero-order chi connectivity index (χ0) is 13.5. The maximum atomic E-state index is 11.6. The van der Waals surface area contributed by atoms with Crippen LogP contribution in [0.2, 0.25) is 0 Å². The second-order valence-electron chi connectivity index (χ2n) is 3.61. The van der Waals surface area contributed by atoms with E-state index in [1.807, 2.05) is 6.92 Å². The lowest BCUT2D eigenvalue weighted by molar-refractivity contribution is -0.131. The molecule has 1 amide bonds. The first kappa shape index (κ1) is 14.6. The molecular weight excluding hydrogens is 256 g/mol. The third-order valence-electron chi connectivity index (χ3n) is 2.36. The van der Waals surface area contributed by atoms with Crippen LogP contribution < -0.4 is 5.32 Å². The minimum Gasteiger partial charge on any atom is -0.476 e. The molecule has 1 rings (SSSR count). The number of ether oxygens (including phenoxy) is 1. The summed E-state index contributed by atoms with van der Waals surface area (Å²) in [7, 11) is 1.49. The number of carboxylic acids is 1. The van der Waals surface area contributed by atoms with Crippen LogP contribution in [0.5, 0.6) is 0 Å². The van der Waals surface area contributed by atoms with E-state index in [1.54, 1.807) is 0 Å². The second-order valence-corrected chi connectivity index (χ2v) is 4.55. The molecule has 100 valence electrons. The van der Waals surface area contributed by atoms with Crippen molar-refractivity contribution in [2.75, 3.05) is 13.7 Å². The first-order chi connectivity index (χ1) is 8.58. The molecule has 0 saturated carbocycles. The zero-order valence-electron chi connectivity index (χ0n) is 10.3. The van der Waals surface area contributed by atoms with Gasteiger partial charge in [-0.25, -0.2) is 9.78 Å². The number of rotatable bonds is 7. The number of carbonyl (C=O) groups excluding carboxylic acids is 1.